The molecule has 0 radical (unpaired) electrons. The molecule has 1 aliphatic carbocycles. The lowest BCUT2D eigenvalue weighted by Gasteiger charge is -2.32. The van der Waals surface area contributed by atoms with Crippen LogP contribution in [-0.4, -0.2) is 42.5 Å². The molecular weight excluding hydrogens is 322 g/mol. The fraction of sp³-hybridized carbons (Fsp3) is 0.714. The highest BCUT2D eigenvalue weighted by Gasteiger charge is 2.34. The van der Waals surface area contributed by atoms with Crippen LogP contribution in [0.15, 0.2) is 0 Å². The van der Waals surface area contributed by atoms with Gasteiger partial charge in [-0.2, -0.15) is 4.31 Å². The van der Waals surface area contributed by atoms with Crippen LogP contribution in [-0.2, 0) is 27.7 Å². The summed E-state index contributed by atoms with van der Waals surface area (Å²) in [6.07, 6.45) is 7.75. The SMILES string of the molecule is CS(=O)(=O)N1CCCC[C@H]1C(=O)Nc1nc2c(s1)CCCC2. The molecule has 1 aromatic rings. The standard InChI is InChI=1S/C14H21N3O3S2/c1-22(19,20)17-9-5-4-7-11(17)13(18)16-14-15-10-6-2-3-8-12(10)21-14/h11H,2-9H2,1H3,(H,15,16,18)/t11-/m0/s1. The number of fused-ring (bicyclic) bond motifs is 1. The van der Waals surface area contributed by atoms with Gasteiger partial charge in [0.05, 0.1) is 11.9 Å². The topological polar surface area (TPSA) is 79.4 Å². The van der Waals surface area contributed by atoms with E-state index < -0.39 is 16.1 Å². The number of carbonyl (C=O) groups is 1. The second-order valence-corrected chi connectivity index (χ2v) is 8.99. The highest BCUT2D eigenvalue weighted by atomic mass is 32.2. The van der Waals surface area contributed by atoms with Gasteiger partial charge in [0, 0.05) is 11.4 Å². The predicted molar refractivity (Wildman–Crippen MR) is 86.6 cm³/mol. The van der Waals surface area contributed by atoms with Gasteiger partial charge in [-0.05, 0) is 38.5 Å². The molecule has 0 saturated carbocycles. The maximum atomic E-state index is 12.5. The monoisotopic (exact) mass is 343 g/mol. The van der Waals surface area contributed by atoms with E-state index in [4.69, 9.17) is 0 Å². The highest BCUT2D eigenvalue weighted by Crippen LogP contribution is 2.30. The average Bonchev–Trinajstić information content (AvgIpc) is 2.88. The third kappa shape index (κ3) is 3.33. The third-order valence-corrected chi connectivity index (χ3v) is 6.62. The van der Waals surface area contributed by atoms with Gasteiger partial charge in [-0.3, -0.25) is 4.79 Å². The van der Waals surface area contributed by atoms with Crippen LogP contribution in [0.25, 0.3) is 0 Å². The maximum Gasteiger partial charge on any atom is 0.244 e. The van der Waals surface area contributed by atoms with E-state index >= 15 is 0 Å². The lowest BCUT2D eigenvalue weighted by molar-refractivity contribution is -0.120. The Bertz CT molecular complexity index is 645. The van der Waals surface area contributed by atoms with E-state index in [1.807, 2.05) is 0 Å². The van der Waals surface area contributed by atoms with Crippen molar-refractivity contribution in [2.24, 2.45) is 0 Å². The first-order chi connectivity index (χ1) is 10.4. The van der Waals surface area contributed by atoms with Gasteiger partial charge in [0.15, 0.2) is 5.13 Å². The smallest absolute Gasteiger partial charge is 0.244 e. The molecule has 1 saturated heterocycles. The first kappa shape index (κ1) is 15.9. The second kappa shape index (κ2) is 6.25. The lowest BCUT2D eigenvalue weighted by Crippen LogP contribution is -2.49. The zero-order valence-electron chi connectivity index (χ0n) is 12.7. The van der Waals surface area contributed by atoms with Gasteiger partial charge in [-0.1, -0.05) is 6.42 Å². The van der Waals surface area contributed by atoms with Crippen molar-refractivity contribution in [3.05, 3.63) is 10.6 Å². The van der Waals surface area contributed by atoms with Gasteiger partial charge in [-0.25, -0.2) is 13.4 Å². The van der Waals surface area contributed by atoms with Crippen molar-refractivity contribution in [2.45, 2.75) is 51.0 Å². The maximum absolute atomic E-state index is 12.5. The number of hydrogen-bond donors (Lipinski definition) is 1. The summed E-state index contributed by atoms with van der Waals surface area (Å²) >= 11 is 1.53. The lowest BCUT2D eigenvalue weighted by atomic mass is 10.0. The Hall–Kier alpha value is -0.990. The summed E-state index contributed by atoms with van der Waals surface area (Å²) in [5, 5.41) is 3.44. The quantitative estimate of drug-likeness (QED) is 0.907. The van der Waals surface area contributed by atoms with Crippen molar-refractivity contribution in [1.29, 1.82) is 0 Å². The minimum absolute atomic E-state index is 0.253. The Kier molecular flexibility index (Phi) is 4.52. The van der Waals surface area contributed by atoms with Crippen LogP contribution in [0.5, 0.6) is 0 Å². The largest absolute Gasteiger partial charge is 0.301 e. The third-order valence-electron chi connectivity index (χ3n) is 4.26. The summed E-state index contributed by atoms with van der Waals surface area (Å²) in [5.74, 6) is -0.253. The van der Waals surface area contributed by atoms with Crippen LogP contribution in [0, 0.1) is 0 Å². The molecule has 2 heterocycles. The molecule has 1 aromatic heterocycles. The minimum Gasteiger partial charge on any atom is -0.301 e. The van der Waals surface area contributed by atoms with E-state index in [1.165, 1.54) is 33.2 Å². The molecule has 0 unspecified atom stereocenters. The number of aromatic nitrogens is 1. The number of rotatable bonds is 3. The number of nitrogens with one attached hydrogen (secondary N) is 1. The molecule has 1 aliphatic heterocycles. The summed E-state index contributed by atoms with van der Waals surface area (Å²) in [4.78, 5) is 18.2. The molecule has 6 nitrogen and oxygen atoms in total. The first-order valence-electron chi connectivity index (χ1n) is 7.71. The number of piperidine rings is 1. The molecule has 8 heteroatoms. The summed E-state index contributed by atoms with van der Waals surface area (Å²) in [5.41, 5.74) is 1.09. The molecule has 122 valence electrons. The van der Waals surface area contributed by atoms with Crippen LogP contribution in [0.1, 0.15) is 42.7 Å². The van der Waals surface area contributed by atoms with Crippen molar-refractivity contribution in [3.63, 3.8) is 0 Å². The zero-order chi connectivity index (χ0) is 15.7. The van der Waals surface area contributed by atoms with Gasteiger partial charge in [0.2, 0.25) is 15.9 Å². The fourth-order valence-corrected chi connectivity index (χ4v) is 5.34. The van der Waals surface area contributed by atoms with E-state index in [9.17, 15) is 13.2 Å². The number of nitrogens with zero attached hydrogens (tertiary/aromatic N) is 2. The van der Waals surface area contributed by atoms with Crippen LogP contribution in [0.4, 0.5) is 5.13 Å². The normalized spacial score (nSPS) is 23.0. The molecule has 1 fully saturated rings. The van der Waals surface area contributed by atoms with Gasteiger partial charge in [0.1, 0.15) is 6.04 Å². The predicted octanol–water partition coefficient (Wildman–Crippen LogP) is 1.77. The van der Waals surface area contributed by atoms with E-state index in [-0.39, 0.29) is 5.91 Å². The van der Waals surface area contributed by atoms with Crippen LogP contribution in [0.2, 0.25) is 0 Å². The Morgan fingerprint density at radius 1 is 1.27 bits per heavy atom. The average molecular weight is 343 g/mol. The number of thiazole rings is 1. The van der Waals surface area contributed by atoms with Crippen LogP contribution in [0.3, 0.4) is 0 Å². The minimum atomic E-state index is -3.36. The summed E-state index contributed by atoms with van der Waals surface area (Å²) in [7, 11) is -3.36. The second-order valence-electron chi connectivity index (χ2n) is 5.97. The molecule has 0 aromatic carbocycles. The van der Waals surface area contributed by atoms with Crippen molar-refractivity contribution >= 4 is 32.4 Å². The van der Waals surface area contributed by atoms with Crippen LogP contribution < -0.4 is 5.32 Å². The van der Waals surface area contributed by atoms with Crippen LogP contribution >= 0.6 is 11.3 Å². The number of hydrogen-bond acceptors (Lipinski definition) is 5. The Morgan fingerprint density at radius 3 is 2.77 bits per heavy atom. The van der Waals surface area contributed by atoms with Crippen molar-refractivity contribution < 1.29 is 13.2 Å². The highest BCUT2D eigenvalue weighted by molar-refractivity contribution is 7.88. The molecule has 2 aliphatic rings. The molecule has 1 N–H and O–H groups in total. The Balaban J connectivity index is 1.74. The van der Waals surface area contributed by atoms with Gasteiger partial charge in [0.25, 0.3) is 0 Å². The van der Waals surface area contributed by atoms with Crippen molar-refractivity contribution in [2.75, 3.05) is 18.1 Å². The van der Waals surface area contributed by atoms with E-state index in [0.717, 1.165) is 37.8 Å². The number of aryl methyl sites for hydroxylation is 2. The summed E-state index contributed by atoms with van der Waals surface area (Å²) < 4.78 is 25.0. The number of carbonyl (C=O) groups excluding carboxylic acids is 1. The number of sulfonamides is 1. The van der Waals surface area contributed by atoms with Crippen molar-refractivity contribution in [1.82, 2.24) is 9.29 Å². The van der Waals surface area contributed by atoms with E-state index in [1.54, 1.807) is 0 Å². The Labute approximate surface area is 135 Å². The fourth-order valence-electron chi connectivity index (χ4n) is 3.16. The molecule has 22 heavy (non-hydrogen) atoms. The summed E-state index contributed by atoms with van der Waals surface area (Å²) in [6.45, 7) is 0.422. The van der Waals surface area contributed by atoms with Gasteiger partial charge < -0.3 is 5.32 Å². The van der Waals surface area contributed by atoms with E-state index in [2.05, 4.69) is 10.3 Å². The molecule has 3 rings (SSSR count). The number of anilines is 1. The van der Waals surface area contributed by atoms with Gasteiger partial charge >= 0.3 is 0 Å². The van der Waals surface area contributed by atoms with Crippen molar-refractivity contribution in [3.8, 4) is 0 Å². The molecule has 0 bridgehead atoms. The van der Waals surface area contributed by atoms with Gasteiger partial charge in [-0.15, -0.1) is 11.3 Å². The summed E-state index contributed by atoms with van der Waals surface area (Å²) in [6, 6.07) is -0.607. The zero-order valence-corrected chi connectivity index (χ0v) is 14.3. The molecular formula is C14H21N3O3S2. The molecule has 1 amide bonds. The molecule has 0 spiro atoms. The first-order valence-corrected chi connectivity index (χ1v) is 10.4. The number of amides is 1. The Morgan fingerprint density at radius 2 is 2.05 bits per heavy atom. The molecule has 1 atom stereocenters. The van der Waals surface area contributed by atoms with E-state index in [0.29, 0.717) is 18.1 Å².